The maximum atomic E-state index is 11.1. The minimum Gasteiger partial charge on any atom is -0.482 e. The molecular weight excluding hydrogens is 250 g/mol. The number of hydrogen-bond acceptors (Lipinski definition) is 5. The second-order valence-electron chi connectivity index (χ2n) is 4.39. The summed E-state index contributed by atoms with van der Waals surface area (Å²) in [5, 5.41) is 14.1. The van der Waals surface area contributed by atoms with Crippen LogP contribution in [0.5, 0.6) is 5.75 Å². The molecular formula is C12H15N3O4. The molecule has 1 aromatic carbocycles. The number of carbonyl (C=O) groups excluding carboxylic acids is 1. The molecule has 0 spiro atoms. The SMILES string of the molecule is NC(=O)c1ccc([N+](=O)[O-])c(O[C@H]2CCCNC2)c1. The van der Waals surface area contributed by atoms with E-state index in [1.54, 1.807) is 0 Å². The van der Waals surface area contributed by atoms with E-state index in [4.69, 9.17) is 10.5 Å². The van der Waals surface area contributed by atoms with Crippen molar-refractivity contribution in [2.24, 2.45) is 5.73 Å². The zero-order valence-corrected chi connectivity index (χ0v) is 10.3. The molecule has 1 aliphatic heterocycles. The predicted molar refractivity (Wildman–Crippen MR) is 68.1 cm³/mol. The lowest BCUT2D eigenvalue weighted by Crippen LogP contribution is -2.37. The summed E-state index contributed by atoms with van der Waals surface area (Å²) in [7, 11) is 0. The van der Waals surface area contributed by atoms with Crippen LogP contribution in [0.1, 0.15) is 23.2 Å². The van der Waals surface area contributed by atoms with E-state index in [0.29, 0.717) is 6.54 Å². The van der Waals surface area contributed by atoms with Gasteiger partial charge in [0.1, 0.15) is 6.10 Å². The molecule has 102 valence electrons. The Balaban J connectivity index is 2.26. The molecule has 2 rings (SSSR count). The van der Waals surface area contributed by atoms with Crippen molar-refractivity contribution in [3.63, 3.8) is 0 Å². The van der Waals surface area contributed by atoms with E-state index in [2.05, 4.69) is 5.32 Å². The smallest absolute Gasteiger partial charge is 0.310 e. The van der Waals surface area contributed by atoms with Crippen molar-refractivity contribution >= 4 is 11.6 Å². The van der Waals surface area contributed by atoms with Crippen LogP contribution < -0.4 is 15.8 Å². The number of nitrogens with two attached hydrogens (primary N) is 1. The van der Waals surface area contributed by atoms with Crippen LogP contribution in [-0.4, -0.2) is 30.0 Å². The molecule has 0 aliphatic carbocycles. The second kappa shape index (κ2) is 5.66. The molecule has 1 amide bonds. The fourth-order valence-corrected chi connectivity index (χ4v) is 2.01. The van der Waals surface area contributed by atoms with Gasteiger partial charge < -0.3 is 15.8 Å². The van der Waals surface area contributed by atoms with Crippen LogP contribution in [0.4, 0.5) is 5.69 Å². The highest BCUT2D eigenvalue weighted by atomic mass is 16.6. The zero-order valence-electron chi connectivity index (χ0n) is 10.3. The van der Waals surface area contributed by atoms with Gasteiger partial charge in [0.25, 0.3) is 0 Å². The van der Waals surface area contributed by atoms with E-state index in [1.807, 2.05) is 0 Å². The highest BCUT2D eigenvalue weighted by Gasteiger charge is 2.22. The van der Waals surface area contributed by atoms with Gasteiger partial charge in [0.2, 0.25) is 5.91 Å². The molecule has 0 unspecified atom stereocenters. The number of nitro benzene ring substituents is 1. The third-order valence-electron chi connectivity index (χ3n) is 2.99. The molecule has 0 bridgehead atoms. The number of primary amides is 1. The molecule has 1 saturated heterocycles. The summed E-state index contributed by atoms with van der Waals surface area (Å²) < 4.78 is 5.63. The van der Waals surface area contributed by atoms with E-state index < -0.39 is 10.8 Å². The highest BCUT2D eigenvalue weighted by Crippen LogP contribution is 2.29. The van der Waals surface area contributed by atoms with Gasteiger partial charge in [0.05, 0.1) is 4.92 Å². The van der Waals surface area contributed by atoms with Crippen molar-refractivity contribution in [3.8, 4) is 5.75 Å². The number of hydrogen-bond donors (Lipinski definition) is 2. The summed E-state index contributed by atoms with van der Waals surface area (Å²) in [5.74, 6) is -0.545. The van der Waals surface area contributed by atoms with E-state index in [1.165, 1.54) is 18.2 Å². The van der Waals surface area contributed by atoms with Crippen LogP contribution in [0.25, 0.3) is 0 Å². The molecule has 7 heteroatoms. The van der Waals surface area contributed by atoms with Gasteiger partial charge in [-0.25, -0.2) is 0 Å². The molecule has 0 aromatic heterocycles. The van der Waals surface area contributed by atoms with Crippen LogP contribution in [0.3, 0.4) is 0 Å². The Hall–Kier alpha value is -2.15. The van der Waals surface area contributed by atoms with Gasteiger partial charge in [-0.15, -0.1) is 0 Å². The number of rotatable bonds is 4. The summed E-state index contributed by atoms with van der Waals surface area (Å²) >= 11 is 0. The van der Waals surface area contributed by atoms with Crippen molar-refractivity contribution in [2.45, 2.75) is 18.9 Å². The minimum absolute atomic E-state index is 0.0926. The van der Waals surface area contributed by atoms with Crippen LogP contribution in [0, 0.1) is 10.1 Å². The molecule has 0 saturated carbocycles. The van der Waals surface area contributed by atoms with E-state index in [9.17, 15) is 14.9 Å². The Labute approximate surface area is 109 Å². The molecule has 19 heavy (non-hydrogen) atoms. The number of nitrogens with zero attached hydrogens (tertiary/aromatic N) is 1. The predicted octanol–water partition coefficient (Wildman–Crippen LogP) is 0.824. The maximum absolute atomic E-state index is 11.1. The molecule has 1 atom stereocenters. The van der Waals surface area contributed by atoms with Crippen LogP contribution in [0.2, 0.25) is 0 Å². The molecule has 1 fully saturated rings. The fraction of sp³-hybridized carbons (Fsp3) is 0.417. The lowest BCUT2D eigenvalue weighted by molar-refractivity contribution is -0.386. The van der Waals surface area contributed by atoms with Gasteiger partial charge in [0.15, 0.2) is 5.75 Å². The van der Waals surface area contributed by atoms with Gasteiger partial charge in [0, 0.05) is 24.2 Å². The first-order valence-electron chi connectivity index (χ1n) is 6.03. The first-order valence-corrected chi connectivity index (χ1v) is 6.03. The Bertz CT molecular complexity index is 498. The Morgan fingerprint density at radius 2 is 2.32 bits per heavy atom. The summed E-state index contributed by atoms with van der Waals surface area (Å²) in [6.07, 6.45) is 1.65. The summed E-state index contributed by atoms with van der Waals surface area (Å²) in [4.78, 5) is 21.5. The van der Waals surface area contributed by atoms with Crippen molar-refractivity contribution in [1.29, 1.82) is 0 Å². The first-order chi connectivity index (χ1) is 9.08. The topological polar surface area (TPSA) is 107 Å². The lowest BCUT2D eigenvalue weighted by atomic mass is 10.1. The van der Waals surface area contributed by atoms with Crippen LogP contribution in [0.15, 0.2) is 18.2 Å². The number of amides is 1. The first kappa shape index (κ1) is 13.3. The number of ether oxygens (including phenoxy) is 1. The number of nitro groups is 1. The van der Waals surface area contributed by atoms with Crippen LogP contribution in [-0.2, 0) is 0 Å². The summed E-state index contributed by atoms with van der Waals surface area (Å²) in [5.41, 5.74) is 5.21. The van der Waals surface area contributed by atoms with E-state index >= 15 is 0 Å². The molecule has 0 radical (unpaired) electrons. The van der Waals surface area contributed by atoms with Crippen molar-refractivity contribution in [1.82, 2.24) is 5.32 Å². The molecule has 1 aliphatic rings. The average Bonchev–Trinajstić information content (AvgIpc) is 2.39. The zero-order chi connectivity index (χ0) is 13.8. The largest absolute Gasteiger partial charge is 0.482 e. The number of piperidine rings is 1. The molecule has 1 heterocycles. The Morgan fingerprint density at radius 3 is 2.89 bits per heavy atom. The van der Waals surface area contributed by atoms with Crippen molar-refractivity contribution in [3.05, 3.63) is 33.9 Å². The molecule has 1 aromatic rings. The van der Waals surface area contributed by atoms with E-state index in [0.717, 1.165) is 19.4 Å². The van der Waals surface area contributed by atoms with E-state index in [-0.39, 0.29) is 23.1 Å². The third kappa shape index (κ3) is 3.19. The monoisotopic (exact) mass is 265 g/mol. The van der Waals surface area contributed by atoms with Gasteiger partial charge in [-0.2, -0.15) is 0 Å². The average molecular weight is 265 g/mol. The molecule has 3 N–H and O–H groups in total. The Kier molecular flexibility index (Phi) is 3.96. The number of carbonyl (C=O) groups is 1. The summed E-state index contributed by atoms with van der Waals surface area (Å²) in [6, 6.07) is 3.90. The number of benzene rings is 1. The summed E-state index contributed by atoms with van der Waals surface area (Å²) in [6.45, 7) is 1.56. The molecule has 7 nitrogen and oxygen atoms in total. The normalized spacial score (nSPS) is 18.8. The highest BCUT2D eigenvalue weighted by molar-refractivity contribution is 5.93. The standard InChI is InChI=1S/C12H15N3O4/c13-12(16)8-3-4-10(15(17)18)11(6-8)19-9-2-1-5-14-7-9/h3-4,6,9,14H,1-2,5,7H2,(H2,13,16)/t9-/m0/s1. The fourth-order valence-electron chi connectivity index (χ4n) is 2.01. The van der Waals surface area contributed by atoms with Gasteiger partial charge in [-0.3, -0.25) is 14.9 Å². The second-order valence-corrected chi connectivity index (χ2v) is 4.39. The number of nitrogens with one attached hydrogen (secondary N) is 1. The van der Waals surface area contributed by atoms with Gasteiger partial charge >= 0.3 is 5.69 Å². The van der Waals surface area contributed by atoms with Gasteiger partial charge in [-0.1, -0.05) is 0 Å². The third-order valence-corrected chi connectivity index (χ3v) is 2.99. The lowest BCUT2D eigenvalue weighted by Gasteiger charge is -2.23. The maximum Gasteiger partial charge on any atom is 0.310 e. The van der Waals surface area contributed by atoms with Crippen LogP contribution >= 0.6 is 0 Å². The quantitative estimate of drug-likeness (QED) is 0.619. The Morgan fingerprint density at radius 1 is 1.53 bits per heavy atom. The minimum atomic E-state index is -0.637. The van der Waals surface area contributed by atoms with Crippen molar-refractivity contribution < 1.29 is 14.5 Å². The van der Waals surface area contributed by atoms with Crippen molar-refractivity contribution in [2.75, 3.05) is 13.1 Å². The van der Waals surface area contributed by atoms with Gasteiger partial charge in [-0.05, 0) is 25.5 Å².